The van der Waals surface area contributed by atoms with E-state index in [1.807, 2.05) is 0 Å². The van der Waals surface area contributed by atoms with Crippen molar-refractivity contribution in [2.24, 2.45) is 0 Å². The molecule has 0 bridgehead atoms. The van der Waals surface area contributed by atoms with E-state index in [4.69, 9.17) is 9.97 Å². The Hall–Kier alpha value is -1.94. The van der Waals surface area contributed by atoms with E-state index in [0.29, 0.717) is 6.04 Å². The summed E-state index contributed by atoms with van der Waals surface area (Å²) < 4.78 is 0. The van der Waals surface area contributed by atoms with E-state index in [0.717, 1.165) is 55.7 Å². The van der Waals surface area contributed by atoms with Gasteiger partial charge in [0, 0.05) is 22.9 Å². The first-order valence-electron chi connectivity index (χ1n) is 9.10. The van der Waals surface area contributed by atoms with E-state index in [-0.39, 0.29) is 6.10 Å². The largest absolute Gasteiger partial charge is 0.393 e. The lowest BCUT2D eigenvalue weighted by atomic mass is 9.93. The van der Waals surface area contributed by atoms with E-state index >= 15 is 0 Å². The number of aromatic nitrogens is 2. The van der Waals surface area contributed by atoms with Gasteiger partial charge >= 0.3 is 0 Å². The van der Waals surface area contributed by atoms with Gasteiger partial charge in [0.15, 0.2) is 5.82 Å². The Bertz CT molecular complexity index is 718. The number of aliphatic hydroxyl groups excluding tert-OH is 1. The first-order valence-corrected chi connectivity index (χ1v) is 9.10. The van der Waals surface area contributed by atoms with Crippen molar-refractivity contribution in [1.82, 2.24) is 9.97 Å². The number of aliphatic hydroxyl groups is 1. The number of fused-ring (bicyclic) bond motifs is 1. The van der Waals surface area contributed by atoms with E-state index in [9.17, 15) is 5.11 Å². The molecule has 0 aliphatic heterocycles. The zero-order valence-electron chi connectivity index (χ0n) is 14.3. The molecule has 2 N–H and O–H groups in total. The molecule has 0 spiro atoms. The van der Waals surface area contributed by atoms with Gasteiger partial charge in [-0.3, -0.25) is 0 Å². The number of nitrogens with zero attached hydrogens (tertiary/aromatic N) is 2. The minimum absolute atomic E-state index is 0.123. The summed E-state index contributed by atoms with van der Waals surface area (Å²) >= 11 is 0. The highest BCUT2D eigenvalue weighted by atomic mass is 16.3. The minimum atomic E-state index is -0.123. The fraction of sp³-hybridized carbons (Fsp3) is 0.500. The monoisotopic (exact) mass is 323 g/mol. The molecule has 126 valence electrons. The Morgan fingerprint density at radius 1 is 1.00 bits per heavy atom. The van der Waals surface area contributed by atoms with Crippen LogP contribution in [0.5, 0.6) is 0 Å². The summed E-state index contributed by atoms with van der Waals surface area (Å²) in [6.07, 6.45) is 6.96. The number of rotatable bonds is 3. The second kappa shape index (κ2) is 6.52. The molecular formula is C20H25N3O. The molecule has 1 heterocycles. The molecule has 24 heavy (non-hydrogen) atoms. The second-order valence-electron chi connectivity index (χ2n) is 7.19. The fourth-order valence-electron chi connectivity index (χ4n) is 3.80. The summed E-state index contributed by atoms with van der Waals surface area (Å²) in [6.45, 7) is 2.10. The van der Waals surface area contributed by atoms with Crippen molar-refractivity contribution in [3.63, 3.8) is 0 Å². The van der Waals surface area contributed by atoms with Crippen molar-refractivity contribution in [3.8, 4) is 11.4 Å². The topological polar surface area (TPSA) is 58.0 Å². The fourth-order valence-corrected chi connectivity index (χ4v) is 3.80. The molecule has 0 unspecified atom stereocenters. The van der Waals surface area contributed by atoms with Crippen LogP contribution in [0.2, 0.25) is 0 Å². The van der Waals surface area contributed by atoms with Crippen molar-refractivity contribution in [2.45, 2.75) is 64.0 Å². The van der Waals surface area contributed by atoms with Gasteiger partial charge in [-0.05, 0) is 51.9 Å². The zero-order valence-corrected chi connectivity index (χ0v) is 14.3. The highest BCUT2D eigenvalue weighted by Gasteiger charge is 2.24. The molecule has 2 aliphatic carbocycles. The van der Waals surface area contributed by atoms with Gasteiger partial charge in [0.1, 0.15) is 5.82 Å². The maximum absolute atomic E-state index is 9.71. The molecule has 4 rings (SSSR count). The van der Waals surface area contributed by atoms with Crippen molar-refractivity contribution in [2.75, 3.05) is 5.32 Å². The Morgan fingerprint density at radius 2 is 1.75 bits per heavy atom. The van der Waals surface area contributed by atoms with E-state index < -0.39 is 0 Å². The first kappa shape index (κ1) is 15.6. The quantitative estimate of drug-likeness (QED) is 0.905. The maximum Gasteiger partial charge on any atom is 0.161 e. The van der Waals surface area contributed by atoms with Gasteiger partial charge in [0.05, 0.1) is 6.10 Å². The van der Waals surface area contributed by atoms with Gasteiger partial charge in [-0.1, -0.05) is 29.8 Å². The second-order valence-corrected chi connectivity index (χ2v) is 7.19. The third-order valence-electron chi connectivity index (χ3n) is 5.28. The SMILES string of the molecule is Cc1ccc(-c2nc3c(c(N[C@H]4CC[C@H](O)CC4)n2)CCC3)cc1. The molecule has 0 atom stereocenters. The molecule has 0 saturated heterocycles. The molecule has 0 amide bonds. The van der Waals surface area contributed by atoms with Gasteiger partial charge in [-0.15, -0.1) is 0 Å². The van der Waals surface area contributed by atoms with Gasteiger partial charge < -0.3 is 10.4 Å². The van der Waals surface area contributed by atoms with Crippen LogP contribution < -0.4 is 5.32 Å². The van der Waals surface area contributed by atoms with Crippen LogP contribution >= 0.6 is 0 Å². The molecule has 1 aromatic heterocycles. The van der Waals surface area contributed by atoms with Crippen LogP contribution in [0.25, 0.3) is 11.4 Å². The summed E-state index contributed by atoms with van der Waals surface area (Å²) in [7, 11) is 0. The smallest absolute Gasteiger partial charge is 0.161 e. The molecule has 2 aliphatic rings. The van der Waals surface area contributed by atoms with Gasteiger partial charge in [0.2, 0.25) is 0 Å². The number of nitrogens with one attached hydrogen (secondary N) is 1. The summed E-state index contributed by atoms with van der Waals surface area (Å²) in [5.74, 6) is 1.85. The summed E-state index contributed by atoms with van der Waals surface area (Å²) in [6, 6.07) is 8.85. The highest BCUT2D eigenvalue weighted by Crippen LogP contribution is 2.31. The van der Waals surface area contributed by atoms with Crippen molar-refractivity contribution < 1.29 is 5.11 Å². The average molecular weight is 323 g/mol. The average Bonchev–Trinajstić information content (AvgIpc) is 3.06. The summed E-state index contributed by atoms with van der Waals surface area (Å²) in [4.78, 5) is 9.70. The molecule has 1 fully saturated rings. The van der Waals surface area contributed by atoms with Gasteiger partial charge in [-0.2, -0.15) is 0 Å². The number of benzene rings is 1. The molecule has 4 heteroatoms. The molecule has 2 aromatic rings. The Morgan fingerprint density at radius 3 is 2.50 bits per heavy atom. The predicted molar refractivity (Wildman–Crippen MR) is 96.1 cm³/mol. The van der Waals surface area contributed by atoms with Crippen LogP contribution in [0.15, 0.2) is 24.3 Å². The number of hydrogen-bond donors (Lipinski definition) is 2. The van der Waals surface area contributed by atoms with Crippen LogP contribution in [0.1, 0.15) is 48.9 Å². The molecule has 1 saturated carbocycles. The maximum atomic E-state index is 9.71. The summed E-state index contributed by atoms with van der Waals surface area (Å²) in [5, 5.41) is 13.4. The lowest BCUT2D eigenvalue weighted by Crippen LogP contribution is -2.29. The zero-order chi connectivity index (χ0) is 16.5. The molecule has 1 aromatic carbocycles. The standard InChI is InChI=1S/C20H25N3O/c1-13-5-7-14(8-6-13)19-22-18-4-2-3-17(18)20(23-19)21-15-9-11-16(24)12-10-15/h5-8,15-16,24H,2-4,9-12H2,1H3,(H,21,22,23)/t15-,16-. The van der Waals surface area contributed by atoms with Gasteiger partial charge in [0.25, 0.3) is 0 Å². The van der Waals surface area contributed by atoms with Crippen molar-refractivity contribution >= 4 is 5.82 Å². The normalized spacial score (nSPS) is 23.1. The highest BCUT2D eigenvalue weighted by molar-refractivity contribution is 5.61. The predicted octanol–water partition coefficient (Wildman–Crippen LogP) is 3.66. The number of anilines is 1. The number of hydrogen-bond acceptors (Lipinski definition) is 4. The Balaban J connectivity index is 1.64. The first-order chi connectivity index (χ1) is 11.7. The van der Waals surface area contributed by atoms with Crippen LogP contribution in [-0.2, 0) is 12.8 Å². The third-order valence-corrected chi connectivity index (χ3v) is 5.28. The molecular weight excluding hydrogens is 298 g/mol. The lowest BCUT2D eigenvalue weighted by Gasteiger charge is -2.27. The Labute approximate surface area is 143 Å². The lowest BCUT2D eigenvalue weighted by molar-refractivity contribution is 0.126. The minimum Gasteiger partial charge on any atom is -0.393 e. The van der Waals surface area contributed by atoms with Crippen LogP contribution in [-0.4, -0.2) is 27.2 Å². The van der Waals surface area contributed by atoms with Crippen LogP contribution in [0.3, 0.4) is 0 Å². The molecule has 4 nitrogen and oxygen atoms in total. The van der Waals surface area contributed by atoms with E-state index in [1.54, 1.807) is 0 Å². The number of aryl methyl sites for hydroxylation is 2. The Kier molecular flexibility index (Phi) is 4.23. The van der Waals surface area contributed by atoms with Crippen LogP contribution in [0.4, 0.5) is 5.82 Å². The van der Waals surface area contributed by atoms with E-state index in [2.05, 4.69) is 36.5 Å². The summed E-state index contributed by atoms with van der Waals surface area (Å²) in [5.41, 5.74) is 4.84. The molecule has 0 radical (unpaired) electrons. The third kappa shape index (κ3) is 3.16. The van der Waals surface area contributed by atoms with Crippen molar-refractivity contribution in [1.29, 1.82) is 0 Å². The van der Waals surface area contributed by atoms with Crippen molar-refractivity contribution in [3.05, 3.63) is 41.1 Å². The van der Waals surface area contributed by atoms with Crippen LogP contribution in [0, 0.1) is 6.92 Å². The van der Waals surface area contributed by atoms with E-state index in [1.165, 1.54) is 23.2 Å². The van der Waals surface area contributed by atoms with Gasteiger partial charge in [-0.25, -0.2) is 9.97 Å².